The molecule has 0 radical (unpaired) electrons. The second-order valence-electron chi connectivity index (χ2n) is 5.77. The van der Waals surface area contributed by atoms with E-state index < -0.39 is 0 Å². The molecule has 3 aromatic rings. The van der Waals surface area contributed by atoms with Crippen LogP contribution in [0.1, 0.15) is 24.2 Å². The first-order valence-corrected chi connectivity index (χ1v) is 8.77. The zero-order valence-electron chi connectivity index (χ0n) is 13.3. The summed E-state index contributed by atoms with van der Waals surface area (Å²) in [4.78, 5) is 17.3. The number of nitrogens with two attached hydrogens (primary N) is 1. The second-order valence-corrected chi connectivity index (χ2v) is 6.65. The lowest BCUT2D eigenvalue weighted by atomic mass is 10.1. The molecule has 0 saturated carbocycles. The van der Waals surface area contributed by atoms with Crippen molar-refractivity contribution in [3.05, 3.63) is 57.5 Å². The highest BCUT2D eigenvalue weighted by atomic mass is 32.1. The quantitative estimate of drug-likeness (QED) is 0.776. The summed E-state index contributed by atoms with van der Waals surface area (Å²) >= 11 is 1.47. The van der Waals surface area contributed by atoms with E-state index in [1.807, 2.05) is 17.5 Å². The molecular formula is C17H18N3O3S+. The van der Waals surface area contributed by atoms with E-state index in [1.165, 1.54) is 11.3 Å². The van der Waals surface area contributed by atoms with Crippen LogP contribution in [-0.2, 0) is 6.54 Å². The standard InChI is InChI=1S/C17H17N3O3S/c1-11(12-2-3-14-15(8-12)23-6-5-22-14)18-10-13-9-16(21)20-4-7-24-17(20)19-13/h2-4,7-9,11,18H,5-6,10H2,1H3/p+1/t11-/m0/s1. The molecule has 1 atom stereocenters. The molecule has 0 fully saturated rings. The molecule has 0 aliphatic carbocycles. The van der Waals surface area contributed by atoms with Gasteiger partial charge in [-0.25, -0.2) is 4.98 Å². The topological polar surface area (TPSA) is 69.4 Å². The van der Waals surface area contributed by atoms with Crippen molar-refractivity contribution < 1.29 is 14.8 Å². The Morgan fingerprint density at radius 1 is 1.29 bits per heavy atom. The number of rotatable bonds is 4. The molecule has 24 heavy (non-hydrogen) atoms. The van der Waals surface area contributed by atoms with E-state index in [2.05, 4.69) is 23.3 Å². The van der Waals surface area contributed by atoms with Gasteiger partial charge in [0.25, 0.3) is 5.56 Å². The SMILES string of the molecule is C[C@H]([NH2+]Cc1cc(=O)n2ccsc2n1)c1ccc2c(c1)OCCO2. The van der Waals surface area contributed by atoms with E-state index in [4.69, 9.17) is 9.47 Å². The number of quaternary nitrogens is 1. The average Bonchev–Trinajstić information content (AvgIpc) is 3.08. The molecule has 0 unspecified atom stereocenters. The van der Waals surface area contributed by atoms with Crippen molar-refractivity contribution in [2.45, 2.75) is 19.5 Å². The van der Waals surface area contributed by atoms with Gasteiger partial charge in [-0.05, 0) is 25.1 Å². The monoisotopic (exact) mass is 344 g/mol. The van der Waals surface area contributed by atoms with E-state index in [1.54, 1.807) is 16.7 Å². The molecule has 124 valence electrons. The van der Waals surface area contributed by atoms with Gasteiger partial charge in [0.2, 0.25) is 0 Å². The van der Waals surface area contributed by atoms with E-state index >= 15 is 0 Å². The van der Waals surface area contributed by atoms with Gasteiger partial charge in [-0.1, -0.05) is 0 Å². The van der Waals surface area contributed by atoms with Gasteiger partial charge in [0.05, 0.1) is 0 Å². The molecule has 3 heterocycles. The third-order valence-corrected chi connectivity index (χ3v) is 4.89. The Morgan fingerprint density at radius 2 is 2.12 bits per heavy atom. The molecule has 0 bridgehead atoms. The fourth-order valence-electron chi connectivity index (χ4n) is 2.77. The Hall–Kier alpha value is -2.38. The van der Waals surface area contributed by atoms with Crippen molar-refractivity contribution in [3.63, 3.8) is 0 Å². The maximum absolute atomic E-state index is 12.0. The maximum atomic E-state index is 12.0. The van der Waals surface area contributed by atoms with Crippen LogP contribution in [0.4, 0.5) is 0 Å². The van der Waals surface area contributed by atoms with E-state index in [0.717, 1.165) is 27.7 Å². The number of ether oxygens (including phenoxy) is 2. The minimum absolute atomic E-state index is 0.0309. The Balaban J connectivity index is 1.49. The van der Waals surface area contributed by atoms with Crippen LogP contribution in [0.15, 0.2) is 40.6 Å². The summed E-state index contributed by atoms with van der Waals surface area (Å²) in [6, 6.07) is 7.87. The maximum Gasteiger partial charge on any atom is 0.258 e. The van der Waals surface area contributed by atoms with Crippen molar-refractivity contribution in [3.8, 4) is 11.5 Å². The number of aromatic nitrogens is 2. The highest BCUT2D eigenvalue weighted by molar-refractivity contribution is 7.15. The largest absolute Gasteiger partial charge is 0.486 e. The van der Waals surface area contributed by atoms with Crippen LogP contribution in [-0.4, -0.2) is 22.6 Å². The molecule has 0 spiro atoms. The van der Waals surface area contributed by atoms with Crippen LogP contribution >= 0.6 is 11.3 Å². The van der Waals surface area contributed by atoms with Crippen molar-refractivity contribution in [1.82, 2.24) is 9.38 Å². The van der Waals surface area contributed by atoms with Crippen LogP contribution in [0, 0.1) is 0 Å². The lowest BCUT2D eigenvalue weighted by Gasteiger charge is -2.20. The molecule has 7 heteroatoms. The normalized spacial score (nSPS) is 14.7. The fourth-order valence-corrected chi connectivity index (χ4v) is 3.51. The minimum Gasteiger partial charge on any atom is -0.486 e. The summed E-state index contributed by atoms with van der Waals surface area (Å²) in [5.74, 6) is 1.60. The third kappa shape index (κ3) is 2.88. The molecule has 2 aromatic heterocycles. The predicted molar refractivity (Wildman–Crippen MR) is 90.8 cm³/mol. The fraction of sp³-hybridized carbons (Fsp3) is 0.294. The summed E-state index contributed by atoms with van der Waals surface area (Å²) in [6.07, 6.45) is 1.75. The number of thiazole rings is 1. The van der Waals surface area contributed by atoms with Crippen molar-refractivity contribution in [1.29, 1.82) is 0 Å². The van der Waals surface area contributed by atoms with Gasteiger partial charge >= 0.3 is 0 Å². The van der Waals surface area contributed by atoms with E-state index in [9.17, 15) is 4.79 Å². The Morgan fingerprint density at radius 3 is 3.00 bits per heavy atom. The first kappa shape index (κ1) is 15.2. The lowest BCUT2D eigenvalue weighted by Crippen LogP contribution is -2.83. The van der Waals surface area contributed by atoms with Gasteiger partial charge in [0.1, 0.15) is 31.5 Å². The van der Waals surface area contributed by atoms with E-state index in [0.29, 0.717) is 19.8 Å². The molecule has 0 saturated heterocycles. The van der Waals surface area contributed by atoms with Crippen LogP contribution in [0.3, 0.4) is 0 Å². The van der Waals surface area contributed by atoms with Gasteiger partial charge in [0.15, 0.2) is 16.5 Å². The summed E-state index contributed by atoms with van der Waals surface area (Å²) < 4.78 is 12.8. The number of nitrogens with zero attached hydrogens (tertiary/aromatic N) is 2. The van der Waals surface area contributed by atoms with Crippen LogP contribution in [0.25, 0.3) is 4.96 Å². The summed E-state index contributed by atoms with van der Waals surface area (Å²) in [5.41, 5.74) is 1.93. The molecule has 4 rings (SSSR count). The number of fused-ring (bicyclic) bond motifs is 2. The Kier molecular flexibility index (Phi) is 3.95. The van der Waals surface area contributed by atoms with Crippen LogP contribution in [0.5, 0.6) is 11.5 Å². The molecule has 1 aromatic carbocycles. The molecular weight excluding hydrogens is 326 g/mol. The minimum atomic E-state index is -0.0309. The molecule has 1 aliphatic rings. The predicted octanol–water partition coefficient (Wildman–Crippen LogP) is 1.35. The van der Waals surface area contributed by atoms with Crippen molar-refractivity contribution in [2.24, 2.45) is 0 Å². The van der Waals surface area contributed by atoms with Gasteiger partial charge < -0.3 is 14.8 Å². The first-order valence-electron chi connectivity index (χ1n) is 7.89. The molecule has 6 nitrogen and oxygen atoms in total. The Bertz CT molecular complexity index is 934. The number of benzene rings is 1. The summed E-state index contributed by atoms with van der Waals surface area (Å²) in [6.45, 7) is 3.96. The first-order chi connectivity index (χ1) is 11.7. The zero-order valence-corrected chi connectivity index (χ0v) is 14.1. The highest BCUT2D eigenvalue weighted by Crippen LogP contribution is 2.31. The molecule has 0 amide bonds. The van der Waals surface area contributed by atoms with Crippen LogP contribution < -0.4 is 20.3 Å². The molecule has 1 aliphatic heterocycles. The van der Waals surface area contributed by atoms with Gasteiger partial charge in [0, 0.05) is 23.2 Å². The van der Waals surface area contributed by atoms with Crippen molar-refractivity contribution >= 4 is 16.3 Å². The van der Waals surface area contributed by atoms with E-state index in [-0.39, 0.29) is 11.6 Å². The molecule has 2 N–H and O–H groups in total. The van der Waals surface area contributed by atoms with Gasteiger partial charge in [-0.15, -0.1) is 11.3 Å². The zero-order chi connectivity index (χ0) is 16.5. The third-order valence-electron chi connectivity index (χ3n) is 4.13. The average molecular weight is 344 g/mol. The summed E-state index contributed by atoms with van der Waals surface area (Å²) in [5, 5.41) is 4.03. The van der Waals surface area contributed by atoms with Gasteiger partial charge in [-0.2, -0.15) is 0 Å². The Labute approximate surface area is 142 Å². The number of hydrogen-bond donors (Lipinski definition) is 1. The second kappa shape index (κ2) is 6.26. The van der Waals surface area contributed by atoms with Gasteiger partial charge in [-0.3, -0.25) is 9.20 Å². The van der Waals surface area contributed by atoms with Crippen molar-refractivity contribution in [2.75, 3.05) is 13.2 Å². The van der Waals surface area contributed by atoms with Crippen LogP contribution in [0.2, 0.25) is 0 Å². The highest BCUT2D eigenvalue weighted by Gasteiger charge is 2.16. The smallest absolute Gasteiger partial charge is 0.258 e. The summed E-state index contributed by atoms with van der Waals surface area (Å²) in [7, 11) is 0. The number of hydrogen-bond acceptors (Lipinski definition) is 5. The lowest BCUT2D eigenvalue weighted by molar-refractivity contribution is -0.708.